The van der Waals surface area contributed by atoms with Gasteiger partial charge in [-0.25, -0.2) is 4.98 Å². The van der Waals surface area contributed by atoms with Gasteiger partial charge >= 0.3 is 0 Å². The summed E-state index contributed by atoms with van der Waals surface area (Å²) in [7, 11) is 2.09. The number of hydrogen-bond donors (Lipinski definition) is 2. The van der Waals surface area contributed by atoms with Crippen LogP contribution >= 0.6 is 15.9 Å². The van der Waals surface area contributed by atoms with Crippen LogP contribution in [0.15, 0.2) is 15.6 Å². The summed E-state index contributed by atoms with van der Waals surface area (Å²) < 4.78 is 0.450. The minimum Gasteiger partial charge on any atom is -0.368 e. The van der Waals surface area contributed by atoms with Crippen LogP contribution in [0.3, 0.4) is 0 Å². The standard InChI is InChI=1S/C11H19BrN4O/c1-4-8(2)16(3)6-5-13-10-9(12)11(17)15-7-14-10/h7-8H,4-6H2,1-3H3,(H2,13,14,15,17). The molecule has 1 aromatic rings. The van der Waals surface area contributed by atoms with Crippen molar-refractivity contribution in [3.63, 3.8) is 0 Å². The quantitative estimate of drug-likeness (QED) is 0.839. The van der Waals surface area contributed by atoms with Gasteiger partial charge in [-0.15, -0.1) is 0 Å². The average molecular weight is 303 g/mol. The van der Waals surface area contributed by atoms with Gasteiger partial charge in [0.15, 0.2) is 0 Å². The second-order valence-corrected chi connectivity index (χ2v) is 4.85. The van der Waals surface area contributed by atoms with Crippen molar-refractivity contribution < 1.29 is 0 Å². The predicted octanol–water partition coefficient (Wildman–Crippen LogP) is 1.67. The van der Waals surface area contributed by atoms with E-state index in [9.17, 15) is 4.79 Å². The van der Waals surface area contributed by atoms with Crippen LogP contribution in [0.2, 0.25) is 0 Å². The monoisotopic (exact) mass is 302 g/mol. The van der Waals surface area contributed by atoms with Crippen molar-refractivity contribution in [2.45, 2.75) is 26.3 Å². The zero-order chi connectivity index (χ0) is 12.8. The van der Waals surface area contributed by atoms with Gasteiger partial charge in [0.1, 0.15) is 10.3 Å². The Morgan fingerprint density at radius 3 is 3.00 bits per heavy atom. The molecule has 0 radical (unpaired) electrons. The van der Waals surface area contributed by atoms with Crippen molar-refractivity contribution in [3.05, 3.63) is 21.2 Å². The third-order valence-corrected chi connectivity index (χ3v) is 3.63. The normalized spacial score (nSPS) is 12.8. The summed E-state index contributed by atoms with van der Waals surface area (Å²) >= 11 is 3.21. The van der Waals surface area contributed by atoms with E-state index in [0.717, 1.165) is 19.5 Å². The largest absolute Gasteiger partial charge is 0.368 e. The molecule has 0 aliphatic carbocycles. The number of H-pyrrole nitrogens is 1. The van der Waals surface area contributed by atoms with Gasteiger partial charge in [0, 0.05) is 19.1 Å². The van der Waals surface area contributed by atoms with Crippen molar-refractivity contribution >= 4 is 21.7 Å². The van der Waals surface area contributed by atoms with Crippen LogP contribution in [0, 0.1) is 0 Å². The molecular formula is C11H19BrN4O. The fraction of sp³-hybridized carbons (Fsp3) is 0.636. The summed E-state index contributed by atoms with van der Waals surface area (Å²) in [5, 5.41) is 3.14. The topological polar surface area (TPSA) is 61.0 Å². The highest BCUT2D eigenvalue weighted by atomic mass is 79.9. The van der Waals surface area contributed by atoms with Crippen LogP contribution in [0.25, 0.3) is 0 Å². The zero-order valence-electron chi connectivity index (χ0n) is 10.5. The second kappa shape index (κ2) is 6.76. The molecule has 5 nitrogen and oxygen atoms in total. The molecule has 0 amide bonds. The third kappa shape index (κ3) is 4.12. The van der Waals surface area contributed by atoms with Gasteiger partial charge in [-0.1, -0.05) is 6.92 Å². The second-order valence-electron chi connectivity index (χ2n) is 4.06. The molecule has 2 N–H and O–H groups in total. The van der Waals surface area contributed by atoms with Gasteiger partial charge < -0.3 is 15.2 Å². The Bertz CT molecular complexity index is 407. The first-order valence-electron chi connectivity index (χ1n) is 5.73. The fourth-order valence-corrected chi connectivity index (χ4v) is 1.75. The van der Waals surface area contributed by atoms with Crippen LogP contribution in [0.5, 0.6) is 0 Å². The minimum absolute atomic E-state index is 0.169. The van der Waals surface area contributed by atoms with Crippen LogP contribution in [-0.2, 0) is 0 Å². The fourth-order valence-electron chi connectivity index (χ4n) is 1.39. The molecular weight excluding hydrogens is 284 g/mol. The van der Waals surface area contributed by atoms with E-state index in [1.54, 1.807) is 0 Å². The first kappa shape index (κ1) is 14.2. The maximum Gasteiger partial charge on any atom is 0.267 e. The van der Waals surface area contributed by atoms with E-state index < -0.39 is 0 Å². The zero-order valence-corrected chi connectivity index (χ0v) is 12.0. The molecule has 1 heterocycles. The van der Waals surface area contributed by atoms with Crippen molar-refractivity contribution in [1.82, 2.24) is 14.9 Å². The molecule has 0 aliphatic rings. The van der Waals surface area contributed by atoms with E-state index in [0.29, 0.717) is 16.3 Å². The van der Waals surface area contributed by atoms with E-state index in [1.165, 1.54) is 6.33 Å². The van der Waals surface area contributed by atoms with Crippen molar-refractivity contribution in [1.29, 1.82) is 0 Å². The van der Waals surface area contributed by atoms with Crippen molar-refractivity contribution in [3.8, 4) is 0 Å². The molecule has 0 bridgehead atoms. The number of hydrogen-bond acceptors (Lipinski definition) is 4. The van der Waals surface area contributed by atoms with Gasteiger partial charge in [-0.05, 0) is 36.3 Å². The number of aromatic amines is 1. The van der Waals surface area contributed by atoms with Crippen molar-refractivity contribution in [2.24, 2.45) is 0 Å². The molecule has 0 aromatic carbocycles. The Balaban J connectivity index is 2.46. The van der Waals surface area contributed by atoms with E-state index in [4.69, 9.17) is 0 Å². The molecule has 1 unspecified atom stereocenters. The predicted molar refractivity (Wildman–Crippen MR) is 73.4 cm³/mol. The summed E-state index contributed by atoms with van der Waals surface area (Å²) in [4.78, 5) is 20.1. The van der Waals surface area contributed by atoms with Crippen LogP contribution in [0.1, 0.15) is 20.3 Å². The summed E-state index contributed by atoms with van der Waals surface area (Å²) in [5.74, 6) is 0.589. The number of nitrogens with zero attached hydrogens (tertiary/aromatic N) is 2. The number of anilines is 1. The Hall–Kier alpha value is -0.880. The molecule has 1 atom stereocenters. The molecule has 0 aliphatic heterocycles. The van der Waals surface area contributed by atoms with Crippen LogP contribution in [-0.4, -0.2) is 41.0 Å². The summed E-state index contributed by atoms with van der Waals surface area (Å²) in [6.45, 7) is 6.04. The lowest BCUT2D eigenvalue weighted by Crippen LogP contribution is -2.33. The lowest BCUT2D eigenvalue weighted by molar-refractivity contribution is 0.261. The molecule has 0 spiro atoms. The Morgan fingerprint density at radius 1 is 1.65 bits per heavy atom. The first-order chi connectivity index (χ1) is 8.06. The van der Waals surface area contributed by atoms with Gasteiger partial charge in [0.05, 0.1) is 6.33 Å². The van der Waals surface area contributed by atoms with Gasteiger partial charge in [-0.3, -0.25) is 4.79 Å². The minimum atomic E-state index is -0.169. The molecule has 0 saturated carbocycles. The SMILES string of the molecule is CCC(C)N(C)CCNc1nc[nH]c(=O)c1Br. The Kier molecular flexibility index (Phi) is 5.64. The highest BCUT2D eigenvalue weighted by molar-refractivity contribution is 9.10. The van der Waals surface area contributed by atoms with E-state index in [2.05, 4.69) is 57.0 Å². The maximum absolute atomic E-state index is 11.3. The molecule has 96 valence electrons. The van der Waals surface area contributed by atoms with Crippen LogP contribution in [0.4, 0.5) is 5.82 Å². The highest BCUT2D eigenvalue weighted by Crippen LogP contribution is 2.12. The average Bonchev–Trinajstić information content (AvgIpc) is 2.33. The number of aromatic nitrogens is 2. The molecule has 0 saturated heterocycles. The molecule has 1 rings (SSSR count). The lowest BCUT2D eigenvalue weighted by Gasteiger charge is -2.23. The summed E-state index contributed by atoms with van der Waals surface area (Å²) in [5.41, 5.74) is -0.169. The summed E-state index contributed by atoms with van der Waals surface area (Å²) in [6, 6.07) is 0.562. The molecule has 17 heavy (non-hydrogen) atoms. The van der Waals surface area contributed by atoms with Gasteiger partial charge in [0.25, 0.3) is 5.56 Å². The summed E-state index contributed by atoms with van der Waals surface area (Å²) in [6.07, 6.45) is 2.53. The number of likely N-dealkylation sites (N-methyl/N-ethyl adjacent to an activating group) is 1. The van der Waals surface area contributed by atoms with Crippen molar-refractivity contribution in [2.75, 3.05) is 25.5 Å². The van der Waals surface area contributed by atoms with E-state index >= 15 is 0 Å². The molecule has 0 fully saturated rings. The molecule has 1 aromatic heterocycles. The number of halogens is 1. The third-order valence-electron chi connectivity index (χ3n) is 2.90. The first-order valence-corrected chi connectivity index (χ1v) is 6.52. The van der Waals surface area contributed by atoms with Gasteiger partial charge in [0.2, 0.25) is 0 Å². The highest BCUT2D eigenvalue weighted by Gasteiger charge is 2.07. The maximum atomic E-state index is 11.3. The van der Waals surface area contributed by atoms with Gasteiger partial charge in [-0.2, -0.15) is 0 Å². The molecule has 6 heteroatoms. The number of nitrogens with one attached hydrogen (secondary N) is 2. The lowest BCUT2D eigenvalue weighted by atomic mass is 10.2. The van der Waals surface area contributed by atoms with Crippen LogP contribution < -0.4 is 10.9 Å². The van der Waals surface area contributed by atoms with E-state index in [1.807, 2.05) is 0 Å². The number of rotatable bonds is 6. The van der Waals surface area contributed by atoms with E-state index in [-0.39, 0.29) is 5.56 Å². The Labute approximate surface area is 110 Å². The smallest absolute Gasteiger partial charge is 0.267 e. The Morgan fingerprint density at radius 2 is 2.35 bits per heavy atom.